The van der Waals surface area contributed by atoms with E-state index in [-0.39, 0.29) is 0 Å². The van der Waals surface area contributed by atoms with Gasteiger partial charge in [0.1, 0.15) is 5.75 Å². The number of nitrogens with zero attached hydrogens (tertiary/aromatic N) is 1. The Bertz CT molecular complexity index is 273. The fourth-order valence-electron chi connectivity index (χ4n) is 0.883. The number of methoxy groups -OCH3 is 1. The molecule has 0 aliphatic rings. The molecule has 1 aromatic heterocycles. The summed E-state index contributed by atoms with van der Waals surface area (Å²) in [6.45, 7) is 3.37. The van der Waals surface area contributed by atoms with Gasteiger partial charge in [-0.25, -0.2) is 4.98 Å². The zero-order valence-corrected chi connectivity index (χ0v) is 6.81. The maximum absolute atomic E-state index is 12.8. The third-order valence-electron chi connectivity index (χ3n) is 1.51. The highest BCUT2D eigenvalue weighted by Crippen LogP contribution is 2.19. The first kappa shape index (κ1) is 7.98. The Hall–Kier alpha value is -1.12. The molecule has 0 aliphatic carbocycles. The highest BCUT2D eigenvalue weighted by atomic mass is 19.1. The zero-order valence-electron chi connectivity index (χ0n) is 6.81. The predicted octanol–water partition coefficient (Wildman–Crippen LogP) is 1.85. The standard InChI is InChI=1S/C8H10FNO/c1-5-4-7(11-3)6(2)8(9)10-5/h4H,1-3H3. The van der Waals surface area contributed by atoms with Crippen LogP contribution in [0.4, 0.5) is 4.39 Å². The Kier molecular flexibility index (Phi) is 2.08. The number of halogens is 1. The molecular weight excluding hydrogens is 145 g/mol. The third kappa shape index (κ3) is 1.48. The minimum atomic E-state index is -0.457. The van der Waals surface area contributed by atoms with E-state index < -0.39 is 5.95 Å². The van der Waals surface area contributed by atoms with Gasteiger partial charge in [0.2, 0.25) is 5.95 Å². The van der Waals surface area contributed by atoms with Gasteiger partial charge in [-0.1, -0.05) is 0 Å². The van der Waals surface area contributed by atoms with Crippen LogP contribution in [0, 0.1) is 19.8 Å². The Morgan fingerprint density at radius 1 is 1.45 bits per heavy atom. The van der Waals surface area contributed by atoms with Crippen molar-refractivity contribution in [3.8, 4) is 5.75 Å². The Morgan fingerprint density at radius 2 is 2.09 bits per heavy atom. The van der Waals surface area contributed by atoms with Crippen molar-refractivity contribution in [2.45, 2.75) is 13.8 Å². The summed E-state index contributed by atoms with van der Waals surface area (Å²) in [4.78, 5) is 3.64. The van der Waals surface area contributed by atoms with E-state index in [0.29, 0.717) is 17.0 Å². The van der Waals surface area contributed by atoms with Gasteiger partial charge >= 0.3 is 0 Å². The molecule has 1 aromatic rings. The molecule has 3 heteroatoms. The van der Waals surface area contributed by atoms with Crippen LogP contribution in [0.25, 0.3) is 0 Å². The van der Waals surface area contributed by atoms with Crippen LogP contribution in [0.3, 0.4) is 0 Å². The average Bonchev–Trinajstić information content (AvgIpc) is 1.96. The summed E-state index contributed by atoms with van der Waals surface area (Å²) >= 11 is 0. The molecule has 1 rings (SSSR count). The molecule has 0 N–H and O–H groups in total. The van der Waals surface area contributed by atoms with Gasteiger partial charge in [-0.05, 0) is 13.8 Å². The van der Waals surface area contributed by atoms with Crippen molar-refractivity contribution in [1.29, 1.82) is 0 Å². The molecule has 0 saturated heterocycles. The first-order chi connectivity index (χ1) is 5.15. The minimum Gasteiger partial charge on any atom is -0.496 e. The lowest BCUT2D eigenvalue weighted by Gasteiger charge is -2.04. The predicted molar refractivity (Wildman–Crippen MR) is 40.2 cm³/mol. The molecule has 0 aromatic carbocycles. The van der Waals surface area contributed by atoms with E-state index in [4.69, 9.17) is 4.74 Å². The van der Waals surface area contributed by atoms with E-state index in [1.54, 1.807) is 19.9 Å². The molecular formula is C8H10FNO. The van der Waals surface area contributed by atoms with Gasteiger partial charge < -0.3 is 4.74 Å². The summed E-state index contributed by atoms with van der Waals surface area (Å²) in [6, 6.07) is 1.71. The van der Waals surface area contributed by atoms with Gasteiger partial charge in [0, 0.05) is 17.3 Å². The second-order valence-corrected chi connectivity index (χ2v) is 2.38. The summed E-state index contributed by atoms with van der Waals surface area (Å²) in [5.74, 6) is 0.0943. The summed E-state index contributed by atoms with van der Waals surface area (Å²) in [7, 11) is 1.52. The molecule has 60 valence electrons. The lowest BCUT2D eigenvalue weighted by molar-refractivity contribution is 0.403. The molecule has 2 nitrogen and oxygen atoms in total. The molecule has 0 amide bonds. The monoisotopic (exact) mass is 155 g/mol. The van der Waals surface area contributed by atoms with Crippen LogP contribution in [0.1, 0.15) is 11.3 Å². The average molecular weight is 155 g/mol. The lowest BCUT2D eigenvalue weighted by Crippen LogP contribution is -1.95. The Labute approximate surface area is 65.0 Å². The van der Waals surface area contributed by atoms with Gasteiger partial charge in [0.15, 0.2) is 0 Å². The van der Waals surface area contributed by atoms with Crippen LogP contribution >= 0.6 is 0 Å². The Morgan fingerprint density at radius 3 is 2.64 bits per heavy atom. The molecule has 0 aliphatic heterocycles. The number of hydrogen-bond donors (Lipinski definition) is 0. The van der Waals surface area contributed by atoms with Gasteiger partial charge in [-0.15, -0.1) is 0 Å². The van der Waals surface area contributed by atoms with Crippen LogP contribution in [-0.4, -0.2) is 12.1 Å². The van der Waals surface area contributed by atoms with Crippen molar-refractivity contribution >= 4 is 0 Å². The van der Waals surface area contributed by atoms with E-state index in [0.717, 1.165) is 0 Å². The van der Waals surface area contributed by atoms with Crippen LogP contribution in [0.5, 0.6) is 5.75 Å². The van der Waals surface area contributed by atoms with Crippen molar-refractivity contribution in [2.24, 2.45) is 0 Å². The fourth-order valence-corrected chi connectivity index (χ4v) is 0.883. The van der Waals surface area contributed by atoms with Crippen molar-refractivity contribution in [1.82, 2.24) is 4.98 Å². The molecule has 1 heterocycles. The first-order valence-electron chi connectivity index (χ1n) is 3.33. The second-order valence-electron chi connectivity index (χ2n) is 2.38. The van der Waals surface area contributed by atoms with Crippen LogP contribution < -0.4 is 4.74 Å². The zero-order chi connectivity index (χ0) is 8.43. The van der Waals surface area contributed by atoms with Crippen LogP contribution in [0.2, 0.25) is 0 Å². The van der Waals surface area contributed by atoms with Crippen molar-refractivity contribution in [3.63, 3.8) is 0 Å². The van der Waals surface area contributed by atoms with Gasteiger partial charge in [-0.3, -0.25) is 0 Å². The molecule has 0 spiro atoms. The van der Waals surface area contributed by atoms with Crippen LogP contribution in [-0.2, 0) is 0 Å². The number of rotatable bonds is 1. The Balaban J connectivity index is 3.24. The van der Waals surface area contributed by atoms with Gasteiger partial charge in [0.25, 0.3) is 0 Å². The number of aryl methyl sites for hydroxylation is 1. The summed E-state index contributed by atoms with van der Waals surface area (Å²) in [6.07, 6.45) is 0. The number of ether oxygens (including phenoxy) is 1. The number of pyridine rings is 1. The maximum Gasteiger partial charge on any atom is 0.219 e. The first-order valence-corrected chi connectivity index (χ1v) is 3.33. The van der Waals surface area contributed by atoms with Crippen molar-refractivity contribution in [3.05, 3.63) is 23.3 Å². The van der Waals surface area contributed by atoms with E-state index in [2.05, 4.69) is 4.98 Å². The van der Waals surface area contributed by atoms with E-state index in [1.807, 2.05) is 0 Å². The highest BCUT2D eigenvalue weighted by molar-refractivity contribution is 5.32. The molecule has 0 fully saturated rings. The fraction of sp³-hybridized carbons (Fsp3) is 0.375. The topological polar surface area (TPSA) is 22.1 Å². The van der Waals surface area contributed by atoms with Crippen molar-refractivity contribution < 1.29 is 9.13 Å². The van der Waals surface area contributed by atoms with Gasteiger partial charge in [0.05, 0.1) is 7.11 Å². The maximum atomic E-state index is 12.8. The van der Waals surface area contributed by atoms with E-state index in [1.165, 1.54) is 7.11 Å². The molecule has 11 heavy (non-hydrogen) atoms. The van der Waals surface area contributed by atoms with E-state index >= 15 is 0 Å². The second kappa shape index (κ2) is 2.86. The molecule has 0 saturated carbocycles. The third-order valence-corrected chi connectivity index (χ3v) is 1.51. The van der Waals surface area contributed by atoms with E-state index in [9.17, 15) is 4.39 Å². The summed E-state index contributed by atoms with van der Waals surface area (Å²) in [5.41, 5.74) is 1.09. The molecule has 0 atom stereocenters. The lowest BCUT2D eigenvalue weighted by atomic mass is 10.2. The normalized spacial score (nSPS) is 9.82. The number of aromatic nitrogens is 1. The minimum absolute atomic E-state index is 0.457. The van der Waals surface area contributed by atoms with Crippen LogP contribution in [0.15, 0.2) is 6.07 Å². The summed E-state index contributed by atoms with van der Waals surface area (Å²) in [5, 5.41) is 0. The molecule has 0 radical (unpaired) electrons. The largest absolute Gasteiger partial charge is 0.496 e. The SMILES string of the molecule is COc1cc(C)nc(F)c1C. The molecule has 0 unspecified atom stereocenters. The van der Waals surface area contributed by atoms with Crippen molar-refractivity contribution in [2.75, 3.05) is 7.11 Å². The summed E-state index contributed by atoms with van der Waals surface area (Å²) < 4.78 is 17.8. The number of hydrogen-bond acceptors (Lipinski definition) is 2. The molecule has 0 bridgehead atoms. The quantitative estimate of drug-likeness (QED) is 0.577. The van der Waals surface area contributed by atoms with Gasteiger partial charge in [-0.2, -0.15) is 4.39 Å². The highest BCUT2D eigenvalue weighted by Gasteiger charge is 2.05. The smallest absolute Gasteiger partial charge is 0.219 e.